The molecule has 0 unspecified atom stereocenters. The van der Waals surface area contributed by atoms with Crippen molar-refractivity contribution in [2.75, 3.05) is 7.11 Å². The third-order valence-corrected chi connectivity index (χ3v) is 1.24. The van der Waals surface area contributed by atoms with Crippen molar-refractivity contribution >= 4 is 15.9 Å². The topological polar surface area (TPSA) is 35.0 Å². The van der Waals surface area contributed by atoms with E-state index in [1.165, 1.54) is 0 Å². The molecule has 0 N–H and O–H groups in total. The molecule has 0 aliphatic rings. The Labute approximate surface area is 61.2 Å². The summed E-state index contributed by atoms with van der Waals surface area (Å²) in [5.41, 5.74) is 0. The van der Waals surface area contributed by atoms with E-state index in [-0.39, 0.29) is 0 Å². The molecule has 4 heteroatoms. The van der Waals surface area contributed by atoms with E-state index in [1.54, 1.807) is 19.4 Å². The minimum Gasteiger partial charge on any atom is -0.480 e. The maximum absolute atomic E-state index is 4.79. The van der Waals surface area contributed by atoms with Gasteiger partial charge in [-0.05, 0) is 15.9 Å². The molecule has 48 valence electrons. The van der Waals surface area contributed by atoms with Crippen LogP contribution in [0, 0.1) is 0 Å². The van der Waals surface area contributed by atoms with Gasteiger partial charge in [0.1, 0.15) is 0 Å². The van der Waals surface area contributed by atoms with Crippen LogP contribution >= 0.6 is 15.9 Å². The van der Waals surface area contributed by atoms with Crippen LogP contribution in [0.4, 0.5) is 0 Å². The van der Waals surface area contributed by atoms with E-state index in [0.717, 1.165) is 4.47 Å². The lowest BCUT2D eigenvalue weighted by molar-refractivity contribution is 0.391. The number of hydrogen-bond acceptors (Lipinski definition) is 3. The van der Waals surface area contributed by atoms with Gasteiger partial charge in [0.25, 0.3) is 0 Å². The summed E-state index contributed by atoms with van der Waals surface area (Å²) < 4.78 is 5.66. The van der Waals surface area contributed by atoms with Gasteiger partial charge < -0.3 is 4.74 Å². The fraction of sp³-hybridized carbons (Fsp3) is 0.200. The summed E-state index contributed by atoms with van der Waals surface area (Å²) in [6.45, 7) is 0. The molecule has 0 saturated heterocycles. The monoisotopic (exact) mass is 188 g/mol. The lowest BCUT2D eigenvalue weighted by atomic mass is 10.6. The minimum atomic E-state index is 0.518. The highest BCUT2D eigenvalue weighted by molar-refractivity contribution is 9.10. The molecule has 0 radical (unpaired) electrons. The largest absolute Gasteiger partial charge is 0.480 e. The van der Waals surface area contributed by atoms with Gasteiger partial charge in [0.2, 0.25) is 5.88 Å². The summed E-state index contributed by atoms with van der Waals surface area (Å²) in [6, 6.07) is 1.74. The third kappa shape index (κ3) is 1.64. The van der Waals surface area contributed by atoms with Gasteiger partial charge in [-0.15, -0.1) is 5.10 Å². The van der Waals surface area contributed by atoms with Crippen LogP contribution in [0.1, 0.15) is 0 Å². The molecule has 0 aliphatic heterocycles. The average molecular weight is 189 g/mol. The first-order valence-electron chi connectivity index (χ1n) is 2.35. The molecule has 1 aromatic heterocycles. The Morgan fingerprint density at radius 3 is 2.89 bits per heavy atom. The lowest BCUT2D eigenvalue weighted by Crippen LogP contribution is -1.88. The van der Waals surface area contributed by atoms with Gasteiger partial charge in [0.15, 0.2) is 0 Å². The van der Waals surface area contributed by atoms with Crippen LogP contribution in [0.25, 0.3) is 0 Å². The number of methoxy groups -OCH3 is 1. The first-order valence-corrected chi connectivity index (χ1v) is 3.14. The lowest BCUT2D eigenvalue weighted by Gasteiger charge is -1.94. The fourth-order valence-corrected chi connectivity index (χ4v) is 0.712. The molecule has 1 heterocycles. The number of halogens is 1. The van der Waals surface area contributed by atoms with Crippen molar-refractivity contribution < 1.29 is 4.74 Å². The Kier molecular flexibility index (Phi) is 2.00. The van der Waals surface area contributed by atoms with Crippen LogP contribution in [0.3, 0.4) is 0 Å². The molecule has 0 aromatic carbocycles. The van der Waals surface area contributed by atoms with Crippen molar-refractivity contribution in [3.05, 3.63) is 16.7 Å². The Bertz CT molecular complexity index is 204. The van der Waals surface area contributed by atoms with Crippen LogP contribution in [0.5, 0.6) is 5.88 Å². The van der Waals surface area contributed by atoms with Crippen LogP contribution < -0.4 is 4.74 Å². The molecule has 9 heavy (non-hydrogen) atoms. The number of aromatic nitrogens is 2. The zero-order valence-corrected chi connectivity index (χ0v) is 6.42. The molecule has 0 atom stereocenters. The molecule has 0 spiro atoms. The van der Waals surface area contributed by atoms with E-state index in [2.05, 4.69) is 26.1 Å². The van der Waals surface area contributed by atoms with Crippen LogP contribution in [-0.2, 0) is 0 Å². The van der Waals surface area contributed by atoms with E-state index in [0.29, 0.717) is 5.88 Å². The van der Waals surface area contributed by atoms with Gasteiger partial charge in [0, 0.05) is 10.5 Å². The second-order valence-corrected chi connectivity index (χ2v) is 2.33. The van der Waals surface area contributed by atoms with Gasteiger partial charge in [0.05, 0.1) is 13.3 Å². The summed E-state index contributed by atoms with van der Waals surface area (Å²) in [6.07, 6.45) is 1.60. The normalized spacial score (nSPS) is 9.11. The second-order valence-electron chi connectivity index (χ2n) is 1.42. The van der Waals surface area contributed by atoms with Gasteiger partial charge >= 0.3 is 0 Å². The van der Waals surface area contributed by atoms with E-state index in [1.807, 2.05) is 0 Å². The smallest absolute Gasteiger partial charge is 0.234 e. The maximum atomic E-state index is 4.79. The predicted molar refractivity (Wildman–Crippen MR) is 36.3 cm³/mol. The van der Waals surface area contributed by atoms with Crippen molar-refractivity contribution in [2.24, 2.45) is 0 Å². The Morgan fingerprint density at radius 1 is 1.67 bits per heavy atom. The molecule has 0 amide bonds. The van der Waals surface area contributed by atoms with Gasteiger partial charge in [-0.25, -0.2) is 0 Å². The molecule has 1 rings (SSSR count). The van der Waals surface area contributed by atoms with Crippen molar-refractivity contribution in [1.82, 2.24) is 10.2 Å². The Hall–Kier alpha value is -0.640. The summed E-state index contributed by atoms with van der Waals surface area (Å²) in [5.74, 6) is 0.518. The molecule has 3 nitrogen and oxygen atoms in total. The molecule has 1 aromatic rings. The van der Waals surface area contributed by atoms with Crippen molar-refractivity contribution in [3.63, 3.8) is 0 Å². The van der Waals surface area contributed by atoms with Gasteiger partial charge in [-0.2, -0.15) is 5.10 Å². The number of nitrogens with zero attached hydrogens (tertiary/aromatic N) is 2. The van der Waals surface area contributed by atoms with E-state index in [9.17, 15) is 0 Å². The summed E-state index contributed by atoms with van der Waals surface area (Å²) in [4.78, 5) is 0. The number of rotatable bonds is 1. The van der Waals surface area contributed by atoms with Crippen LogP contribution in [0.15, 0.2) is 16.7 Å². The highest BCUT2D eigenvalue weighted by Gasteiger charge is 1.91. The van der Waals surface area contributed by atoms with Crippen molar-refractivity contribution in [2.45, 2.75) is 0 Å². The number of ether oxygens (including phenoxy) is 1. The summed E-state index contributed by atoms with van der Waals surface area (Å²) in [7, 11) is 1.55. The zero-order chi connectivity index (χ0) is 6.69. The standard InChI is InChI=1S/C5H5BrN2O/c1-9-5-2-4(6)3-7-8-5/h2-3H,1H3. The molecule has 0 aliphatic carbocycles. The quantitative estimate of drug-likeness (QED) is 0.666. The third-order valence-electron chi connectivity index (χ3n) is 0.808. The molecular weight excluding hydrogens is 184 g/mol. The highest BCUT2D eigenvalue weighted by atomic mass is 79.9. The Balaban J connectivity index is 2.94. The molecule has 0 saturated carbocycles. The second kappa shape index (κ2) is 2.77. The van der Waals surface area contributed by atoms with Gasteiger partial charge in [-0.3, -0.25) is 0 Å². The van der Waals surface area contributed by atoms with Crippen LogP contribution in [0.2, 0.25) is 0 Å². The SMILES string of the molecule is COc1cc(Br)cnn1. The summed E-state index contributed by atoms with van der Waals surface area (Å²) >= 11 is 3.22. The predicted octanol–water partition coefficient (Wildman–Crippen LogP) is 1.25. The first kappa shape index (κ1) is 6.48. The minimum absolute atomic E-state index is 0.518. The first-order chi connectivity index (χ1) is 4.33. The van der Waals surface area contributed by atoms with Gasteiger partial charge in [-0.1, -0.05) is 0 Å². The Morgan fingerprint density at radius 2 is 2.44 bits per heavy atom. The van der Waals surface area contributed by atoms with Crippen molar-refractivity contribution in [1.29, 1.82) is 0 Å². The van der Waals surface area contributed by atoms with Crippen molar-refractivity contribution in [3.8, 4) is 5.88 Å². The van der Waals surface area contributed by atoms with E-state index >= 15 is 0 Å². The zero-order valence-electron chi connectivity index (χ0n) is 4.84. The molecular formula is C5H5BrN2O. The van der Waals surface area contributed by atoms with Crippen LogP contribution in [-0.4, -0.2) is 17.3 Å². The summed E-state index contributed by atoms with van der Waals surface area (Å²) in [5, 5.41) is 7.29. The number of hydrogen-bond donors (Lipinski definition) is 0. The fourth-order valence-electron chi connectivity index (χ4n) is 0.425. The average Bonchev–Trinajstić information content (AvgIpc) is 1.88. The molecule has 0 bridgehead atoms. The van der Waals surface area contributed by atoms with E-state index < -0.39 is 0 Å². The maximum Gasteiger partial charge on any atom is 0.234 e. The highest BCUT2D eigenvalue weighted by Crippen LogP contribution is 2.11. The van der Waals surface area contributed by atoms with E-state index in [4.69, 9.17) is 4.74 Å². The molecule has 0 fully saturated rings.